The van der Waals surface area contributed by atoms with Gasteiger partial charge in [-0.3, -0.25) is 9.59 Å². The molecule has 0 fully saturated rings. The third-order valence-corrected chi connectivity index (χ3v) is 4.69. The maximum absolute atomic E-state index is 12.6. The summed E-state index contributed by atoms with van der Waals surface area (Å²) in [4.78, 5) is 25.2. The van der Waals surface area contributed by atoms with Crippen LogP contribution >= 0.6 is 0 Å². The van der Waals surface area contributed by atoms with Gasteiger partial charge in [0.15, 0.2) is 0 Å². The number of amides is 2. The lowest BCUT2D eigenvalue weighted by atomic mass is 9.87. The van der Waals surface area contributed by atoms with Gasteiger partial charge in [0.2, 0.25) is 0 Å². The van der Waals surface area contributed by atoms with Crippen LogP contribution < -0.4 is 10.6 Å². The number of carbonyl (C=O) groups is 2. The van der Waals surface area contributed by atoms with E-state index in [4.69, 9.17) is 5.26 Å². The number of benzene rings is 3. The average Bonchev–Trinajstić information content (AvgIpc) is 2.74. The molecule has 0 aliphatic heterocycles. The van der Waals surface area contributed by atoms with Crippen molar-refractivity contribution in [2.45, 2.75) is 26.2 Å². The first-order chi connectivity index (χ1) is 14.3. The Bertz CT molecular complexity index is 1120. The largest absolute Gasteiger partial charge is 0.322 e. The van der Waals surface area contributed by atoms with Crippen LogP contribution in [0, 0.1) is 11.3 Å². The number of anilines is 2. The van der Waals surface area contributed by atoms with Crippen molar-refractivity contribution in [2.24, 2.45) is 0 Å². The summed E-state index contributed by atoms with van der Waals surface area (Å²) in [6, 6.07) is 23.0. The third kappa shape index (κ3) is 4.92. The number of nitrogens with one attached hydrogen (secondary N) is 2. The normalized spacial score (nSPS) is 10.7. The molecule has 0 bridgehead atoms. The number of rotatable bonds is 4. The Hall–Kier alpha value is -3.91. The van der Waals surface area contributed by atoms with Gasteiger partial charge in [-0.15, -0.1) is 0 Å². The quantitative estimate of drug-likeness (QED) is 0.622. The Kier molecular flexibility index (Phi) is 5.98. The predicted molar refractivity (Wildman–Crippen MR) is 119 cm³/mol. The van der Waals surface area contributed by atoms with Gasteiger partial charge in [0.25, 0.3) is 11.8 Å². The minimum atomic E-state index is -0.387. The first-order valence-corrected chi connectivity index (χ1v) is 9.60. The fourth-order valence-corrected chi connectivity index (χ4v) is 2.94. The molecular weight excluding hydrogens is 374 g/mol. The molecule has 0 heterocycles. The topological polar surface area (TPSA) is 82.0 Å². The van der Waals surface area contributed by atoms with Gasteiger partial charge >= 0.3 is 0 Å². The van der Waals surface area contributed by atoms with Crippen LogP contribution in [0.5, 0.6) is 0 Å². The lowest BCUT2D eigenvalue weighted by molar-refractivity contribution is 0.102. The minimum absolute atomic E-state index is 0.0361. The molecule has 0 radical (unpaired) electrons. The van der Waals surface area contributed by atoms with Crippen molar-refractivity contribution < 1.29 is 9.59 Å². The lowest BCUT2D eigenvalue weighted by Crippen LogP contribution is -2.16. The zero-order valence-corrected chi connectivity index (χ0v) is 17.2. The SMILES string of the molecule is CC(C)(C)c1ccc(NC(=O)c2cccc(C(=O)Nc3ccccc3C#N)c2)cc1. The second-order valence-electron chi connectivity index (χ2n) is 7.97. The van der Waals surface area contributed by atoms with E-state index in [2.05, 4.69) is 31.4 Å². The summed E-state index contributed by atoms with van der Waals surface area (Å²) in [5, 5.41) is 14.7. The Balaban J connectivity index is 1.74. The van der Waals surface area contributed by atoms with Crippen LogP contribution in [0.1, 0.15) is 52.6 Å². The molecule has 0 aliphatic carbocycles. The van der Waals surface area contributed by atoms with Crippen molar-refractivity contribution in [1.29, 1.82) is 5.26 Å². The van der Waals surface area contributed by atoms with Crippen LogP contribution in [0.25, 0.3) is 0 Å². The second-order valence-corrected chi connectivity index (χ2v) is 7.97. The summed E-state index contributed by atoms with van der Waals surface area (Å²) < 4.78 is 0. The van der Waals surface area contributed by atoms with Crippen molar-refractivity contribution in [3.63, 3.8) is 0 Å². The lowest BCUT2D eigenvalue weighted by Gasteiger charge is -2.19. The van der Waals surface area contributed by atoms with E-state index in [0.29, 0.717) is 28.1 Å². The Morgan fingerprint density at radius 3 is 2.00 bits per heavy atom. The Labute approximate surface area is 176 Å². The molecule has 0 spiro atoms. The summed E-state index contributed by atoms with van der Waals surface area (Å²) >= 11 is 0. The summed E-state index contributed by atoms with van der Waals surface area (Å²) in [6.07, 6.45) is 0. The van der Waals surface area contributed by atoms with Gasteiger partial charge in [-0.1, -0.05) is 51.1 Å². The maximum Gasteiger partial charge on any atom is 0.255 e. The van der Waals surface area contributed by atoms with Crippen molar-refractivity contribution in [3.8, 4) is 6.07 Å². The fourth-order valence-electron chi connectivity index (χ4n) is 2.94. The minimum Gasteiger partial charge on any atom is -0.322 e. The molecule has 0 saturated carbocycles. The molecule has 0 aromatic heterocycles. The predicted octanol–water partition coefficient (Wildman–Crippen LogP) is 5.36. The molecule has 0 saturated heterocycles. The highest BCUT2D eigenvalue weighted by Gasteiger charge is 2.15. The van der Waals surface area contributed by atoms with Crippen LogP contribution in [0.3, 0.4) is 0 Å². The van der Waals surface area contributed by atoms with E-state index in [1.54, 1.807) is 42.5 Å². The van der Waals surface area contributed by atoms with E-state index in [-0.39, 0.29) is 17.2 Å². The molecule has 2 amide bonds. The number of para-hydroxylation sites is 1. The highest BCUT2D eigenvalue weighted by Crippen LogP contribution is 2.24. The molecule has 0 aliphatic rings. The first kappa shape index (κ1) is 20.8. The number of nitriles is 1. The zero-order valence-electron chi connectivity index (χ0n) is 17.2. The van der Waals surface area contributed by atoms with Gasteiger partial charge in [-0.25, -0.2) is 0 Å². The highest BCUT2D eigenvalue weighted by molar-refractivity contribution is 6.09. The summed E-state index contributed by atoms with van der Waals surface area (Å²) in [7, 11) is 0. The number of hydrogen-bond donors (Lipinski definition) is 2. The third-order valence-electron chi connectivity index (χ3n) is 4.69. The van der Waals surface area contributed by atoms with Gasteiger partial charge in [0, 0.05) is 16.8 Å². The van der Waals surface area contributed by atoms with Crippen LogP contribution in [-0.2, 0) is 5.41 Å². The van der Waals surface area contributed by atoms with Gasteiger partial charge in [0.05, 0.1) is 11.3 Å². The molecule has 3 rings (SSSR count). The molecular formula is C25H23N3O2. The summed E-state index contributed by atoms with van der Waals surface area (Å²) in [5.41, 5.74) is 3.41. The first-order valence-electron chi connectivity index (χ1n) is 9.60. The van der Waals surface area contributed by atoms with E-state index in [0.717, 1.165) is 0 Å². The molecule has 150 valence electrons. The Morgan fingerprint density at radius 1 is 0.800 bits per heavy atom. The van der Waals surface area contributed by atoms with Gasteiger partial charge < -0.3 is 10.6 Å². The monoisotopic (exact) mass is 397 g/mol. The number of carbonyl (C=O) groups excluding carboxylic acids is 2. The summed E-state index contributed by atoms with van der Waals surface area (Å²) in [6.45, 7) is 6.39. The van der Waals surface area contributed by atoms with Crippen LogP contribution in [-0.4, -0.2) is 11.8 Å². The second kappa shape index (κ2) is 8.62. The highest BCUT2D eigenvalue weighted by atomic mass is 16.2. The van der Waals surface area contributed by atoms with E-state index in [1.165, 1.54) is 11.6 Å². The molecule has 3 aromatic carbocycles. The molecule has 0 atom stereocenters. The Morgan fingerprint density at radius 2 is 1.40 bits per heavy atom. The van der Waals surface area contributed by atoms with Gasteiger partial charge in [-0.05, 0) is 53.4 Å². The van der Waals surface area contributed by atoms with E-state index in [9.17, 15) is 9.59 Å². The van der Waals surface area contributed by atoms with Crippen molar-refractivity contribution in [2.75, 3.05) is 10.6 Å². The summed E-state index contributed by atoms with van der Waals surface area (Å²) in [5.74, 6) is -0.688. The van der Waals surface area contributed by atoms with Crippen molar-refractivity contribution >= 4 is 23.2 Å². The standard InChI is InChI=1S/C25H23N3O2/c1-25(2,3)20-11-13-21(14-12-20)27-23(29)17-8-6-9-18(15-17)24(30)28-22-10-5-4-7-19(22)16-26/h4-15H,1-3H3,(H,27,29)(H,28,30). The molecule has 0 unspecified atom stereocenters. The van der Waals surface area contributed by atoms with Crippen LogP contribution in [0.15, 0.2) is 72.8 Å². The van der Waals surface area contributed by atoms with Crippen LogP contribution in [0.2, 0.25) is 0 Å². The zero-order chi connectivity index (χ0) is 21.7. The van der Waals surface area contributed by atoms with Gasteiger partial charge in [0.1, 0.15) is 6.07 Å². The van der Waals surface area contributed by atoms with Gasteiger partial charge in [-0.2, -0.15) is 5.26 Å². The average molecular weight is 397 g/mol. The molecule has 3 aromatic rings. The molecule has 5 nitrogen and oxygen atoms in total. The number of nitrogens with zero attached hydrogens (tertiary/aromatic N) is 1. The van der Waals surface area contributed by atoms with E-state index >= 15 is 0 Å². The fraction of sp³-hybridized carbons (Fsp3) is 0.160. The molecule has 30 heavy (non-hydrogen) atoms. The van der Waals surface area contributed by atoms with E-state index < -0.39 is 0 Å². The van der Waals surface area contributed by atoms with E-state index in [1.807, 2.05) is 30.3 Å². The van der Waals surface area contributed by atoms with Crippen LogP contribution in [0.4, 0.5) is 11.4 Å². The number of hydrogen-bond acceptors (Lipinski definition) is 3. The maximum atomic E-state index is 12.6. The molecule has 5 heteroatoms. The smallest absolute Gasteiger partial charge is 0.255 e. The van der Waals surface area contributed by atoms with Crippen molar-refractivity contribution in [3.05, 3.63) is 95.1 Å². The van der Waals surface area contributed by atoms with Crippen molar-refractivity contribution in [1.82, 2.24) is 0 Å². The molecule has 2 N–H and O–H groups in total.